The summed E-state index contributed by atoms with van der Waals surface area (Å²) in [5.74, 6) is 1.47. The van der Waals surface area contributed by atoms with Gasteiger partial charge in [-0.05, 0) is 45.1 Å². The normalized spacial score (nSPS) is 17.4. The lowest BCUT2D eigenvalue weighted by Crippen LogP contribution is -2.36. The van der Waals surface area contributed by atoms with Crippen LogP contribution in [0.4, 0.5) is 0 Å². The van der Waals surface area contributed by atoms with Gasteiger partial charge in [0.05, 0.1) is 35.7 Å². The van der Waals surface area contributed by atoms with Crippen molar-refractivity contribution in [2.75, 3.05) is 41.4 Å². The van der Waals surface area contributed by atoms with Crippen LogP contribution in [0.5, 0.6) is 11.6 Å². The fourth-order valence-electron chi connectivity index (χ4n) is 6.82. The van der Waals surface area contributed by atoms with Crippen molar-refractivity contribution < 1.29 is 19.1 Å². The summed E-state index contributed by atoms with van der Waals surface area (Å²) in [7, 11) is 7.33. The van der Waals surface area contributed by atoms with E-state index >= 15 is 0 Å². The Labute approximate surface area is 303 Å². The molecule has 0 aliphatic carbocycles. The molecule has 2 aliphatic rings. The number of hydrogen-bond donors (Lipinski definition) is 2. The van der Waals surface area contributed by atoms with E-state index in [0.29, 0.717) is 53.2 Å². The first-order valence-electron chi connectivity index (χ1n) is 16.7. The van der Waals surface area contributed by atoms with Gasteiger partial charge in [-0.1, -0.05) is 59.6 Å². The van der Waals surface area contributed by atoms with Gasteiger partial charge in [0.1, 0.15) is 5.75 Å². The van der Waals surface area contributed by atoms with Crippen LogP contribution in [0.2, 0.25) is 10.0 Å². The molecule has 0 spiro atoms. The van der Waals surface area contributed by atoms with Crippen LogP contribution in [0.15, 0.2) is 60.8 Å². The summed E-state index contributed by atoms with van der Waals surface area (Å²) < 4.78 is 11.5. The molecule has 2 fully saturated rings. The minimum absolute atomic E-state index is 0.109. The third-order valence-electron chi connectivity index (χ3n) is 9.26. The van der Waals surface area contributed by atoms with E-state index in [-0.39, 0.29) is 23.9 Å². The lowest BCUT2D eigenvalue weighted by Gasteiger charge is -2.22. The maximum Gasteiger partial charge on any atom is 0.220 e. The smallest absolute Gasteiger partial charge is 0.220 e. The molecule has 50 heavy (non-hydrogen) atoms. The molecule has 12 heteroatoms. The van der Waals surface area contributed by atoms with Gasteiger partial charge in [-0.3, -0.25) is 24.4 Å². The van der Waals surface area contributed by atoms with E-state index in [0.717, 1.165) is 65.1 Å². The van der Waals surface area contributed by atoms with Gasteiger partial charge >= 0.3 is 0 Å². The molecule has 262 valence electrons. The number of rotatable bonds is 13. The predicted octanol–water partition coefficient (Wildman–Crippen LogP) is 6.22. The van der Waals surface area contributed by atoms with Crippen molar-refractivity contribution in [3.05, 3.63) is 82.0 Å². The number of nitrogens with one attached hydrogen (secondary N) is 2. The number of nitrogens with zero attached hydrogens (tertiary/aromatic N) is 4. The SMILES string of the molecule is COc1cc(-c2nccc(-c3cccc(-c4ccc(CN(C)C[C@H]5CCC(=O)N5)c(OC)n4)c3Cl)c2Cl)ccc1CN(C)C[C@@H]1CCC(=O)N1. The number of benzene rings is 2. The van der Waals surface area contributed by atoms with Crippen molar-refractivity contribution >= 4 is 35.0 Å². The molecule has 6 rings (SSSR count). The number of halogens is 2. The number of likely N-dealkylation sites (N-methyl/N-ethyl adjacent to an activating group) is 2. The first-order chi connectivity index (χ1) is 24.1. The second-order valence-corrected chi connectivity index (χ2v) is 13.8. The molecule has 0 saturated carbocycles. The fraction of sp³-hybridized carbons (Fsp3) is 0.368. The summed E-state index contributed by atoms with van der Waals surface area (Å²) in [4.78, 5) is 37.1. The van der Waals surface area contributed by atoms with Crippen molar-refractivity contribution in [3.8, 4) is 45.3 Å². The van der Waals surface area contributed by atoms with Crippen LogP contribution in [-0.2, 0) is 22.7 Å². The Bertz CT molecular complexity index is 1750. The summed E-state index contributed by atoms with van der Waals surface area (Å²) in [6.45, 7) is 2.79. The fourth-order valence-corrected chi connectivity index (χ4v) is 7.47. The number of carbonyl (C=O) groups excluding carboxylic acids is 2. The average molecular weight is 718 g/mol. The quantitative estimate of drug-likeness (QED) is 0.168. The number of hydrogen-bond acceptors (Lipinski definition) is 8. The average Bonchev–Trinajstić information content (AvgIpc) is 3.71. The molecule has 0 bridgehead atoms. The second kappa shape index (κ2) is 15.8. The van der Waals surface area contributed by atoms with Gasteiger partial charge < -0.3 is 20.1 Å². The van der Waals surface area contributed by atoms with Crippen molar-refractivity contribution in [2.45, 2.75) is 50.9 Å². The summed E-state index contributed by atoms with van der Waals surface area (Å²) in [6, 6.07) is 17.9. The number of pyridine rings is 2. The Kier molecular flexibility index (Phi) is 11.2. The Morgan fingerprint density at radius 1 is 0.780 bits per heavy atom. The van der Waals surface area contributed by atoms with Gasteiger partial charge in [0.2, 0.25) is 17.7 Å². The first-order valence-corrected chi connectivity index (χ1v) is 17.5. The highest BCUT2D eigenvalue weighted by atomic mass is 35.5. The number of aromatic nitrogens is 2. The van der Waals surface area contributed by atoms with Gasteiger partial charge in [0.25, 0.3) is 0 Å². The van der Waals surface area contributed by atoms with Gasteiger partial charge in [0, 0.05) is 90.7 Å². The number of carbonyl (C=O) groups is 2. The Morgan fingerprint density at radius 2 is 1.40 bits per heavy atom. The number of amides is 2. The van der Waals surface area contributed by atoms with Crippen LogP contribution < -0.4 is 20.1 Å². The van der Waals surface area contributed by atoms with Crippen LogP contribution in [0.1, 0.15) is 36.8 Å². The Balaban J connectivity index is 1.22. The molecule has 10 nitrogen and oxygen atoms in total. The summed E-state index contributed by atoms with van der Waals surface area (Å²) in [5, 5.41) is 7.04. The van der Waals surface area contributed by atoms with E-state index in [2.05, 4.69) is 25.4 Å². The molecule has 0 unspecified atom stereocenters. The minimum atomic E-state index is 0.109. The van der Waals surface area contributed by atoms with Crippen molar-refractivity contribution in [1.82, 2.24) is 30.4 Å². The molecule has 2 aliphatic heterocycles. The molecule has 2 saturated heterocycles. The molecule has 2 N–H and O–H groups in total. The summed E-state index contributed by atoms with van der Waals surface area (Å²) >= 11 is 14.2. The monoisotopic (exact) mass is 716 g/mol. The van der Waals surface area contributed by atoms with E-state index in [4.69, 9.17) is 37.7 Å². The lowest BCUT2D eigenvalue weighted by atomic mass is 9.99. The molecule has 2 amide bonds. The molecule has 2 aromatic carbocycles. The summed E-state index contributed by atoms with van der Waals surface area (Å²) in [6.07, 6.45) is 4.59. The second-order valence-electron chi connectivity index (χ2n) is 13.1. The zero-order valence-corrected chi connectivity index (χ0v) is 30.3. The molecule has 0 radical (unpaired) electrons. The number of ether oxygens (including phenoxy) is 2. The Morgan fingerprint density at radius 3 is 2.02 bits per heavy atom. The first kappa shape index (κ1) is 35.6. The third-order valence-corrected chi connectivity index (χ3v) is 10.1. The molecular formula is C38H42Cl2N6O4. The Hall–Kier alpha value is -4.22. The van der Waals surface area contributed by atoms with E-state index in [1.165, 1.54) is 0 Å². The van der Waals surface area contributed by atoms with Crippen molar-refractivity contribution in [3.63, 3.8) is 0 Å². The maximum absolute atomic E-state index is 11.6. The standard InChI is InChI=1S/C38H42Cl2N6O4/c1-45(21-26-11-14-33(47)42-26)19-24-9-8-23(18-32(24)49-3)37-36(40)29(16-17-41-37)28-6-5-7-30(35(28)39)31-13-10-25(38(44-31)50-4)20-46(2)22-27-12-15-34(48)43-27/h5-10,13,16-18,26-27H,11-12,14-15,19-22H2,1-4H3,(H,42,47)(H,43,48)/t26-,27+/m0/s1. The van der Waals surface area contributed by atoms with E-state index in [1.54, 1.807) is 20.4 Å². The molecular weight excluding hydrogens is 675 g/mol. The van der Waals surface area contributed by atoms with Crippen LogP contribution >= 0.6 is 23.2 Å². The molecule has 2 atom stereocenters. The molecule has 4 aromatic rings. The molecule has 2 aromatic heterocycles. The molecule has 4 heterocycles. The van der Waals surface area contributed by atoms with E-state index in [1.807, 2.05) is 68.7 Å². The van der Waals surface area contributed by atoms with E-state index in [9.17, 15) is 9.59 Å². The highest BCUT2D eigenvalue weighted by molar-refractivity contribution is 6.39. The summed E-state index contributed by atoms with van der Waals surface area (Å²) in [5.41, 5.74) is 6.31. The van der Waals surface area contributed by atoms with Crippen LogP contribution in [0.3, 0.4) is 0 Å². The largest absolute Gasteiger partial charge is 0.496 e. The van der Waals surface area contributed by atoms with Crippen molar-refractivity contribution in [2.24, 2.45) is 0 Å². The van der Waals surface area contributed by atoms with Gasteiger partial charge in [-0.25, -0.2) is 4.98 Å². The topological polar surface area (TPSA) is 109 Å². The van der Waals surface area contributed by atoms with Gasteiger partial charge in [-0.2, -0.15) is 0 Å². The maximum atomic E-state index is 11.6. The van der Waals surface area contributed by atoms with Crippen LogP contribution in [0, 0.1) is 0 Å². The highest BCUT2D eigenvalue weighted by Gasteiger charge is 2.24. The lowest BCUT2D eigenvalue weighted by molar-refractivity contribution is -0.120. The minimum Gasteiger partial charge on any atom is -0.496 e. The van der Waals surface area contributed by atoms with Crippen molar-refractivity contribution in [1.29, 1.82) is 0 Å². The van der Waals surface area contributed by atoms with E-state index < -0.39 is 0 Å². The van der Waals surface area contributed by atoms with Gasteiger partial charge in [-0.15, -0.1) is 0 Å². The highest BCUT2D eigenvalue weighted by Crippen LogP contribution is 2.42. The van der Waals surface area contributed by atoms with Crippen LogP contribution in [-0.4, -0.2) is 85.1 Å². The zero-order valence-electron chi connectivity index (χ0n) is 28.8. The zero-order chi connectivity index (χ0) is 35.4. The van der Waals surface area contributed by atoms with Crippen LogP contribution in [0.25, 0.3) is 33.6 Å². The predicted molar refractivity (Wildman–Crippen MR) is 196 cm³/mol. The third kappa shape index (κ3) is 8.05. The van der Waals surface area contributed by atoms with Gasteiger partial charge in [0.15, 0.2) is 0 Å². The number of methoxy groups -OCH3 is 2.